The second-order valence-electron chi connectivity index (χ2n) is 4.48. The molecule has 1 N–H and O–H groups in total. The minimum Gasteiger partial charge on any atom is -0.341 e. The monoisotopic (exact) mass is 212 g/mol. The highest BCUT2D eigenvalue weighted by atomic mass is 16.2. The van der Waals surface area contributed by atoms with Crippen molar-refractivity contribution in [1.82, 2.24) is 10.2 Å². The topological polar surface area (TPSA) is 32.3 Å². The summed E-state index contributed by atoms with van der Waals surface area (Å²) < 4.78 is 0. The third-order valence-corrected chi connectivity index (χ3v) is 3.33. The maximum Gasteiger partial charge on any atom is 0.225 e. The number of carbonyl (C=O) groups excluding carboxylic acids is 1. The maximum atomic E-state index is 12.0. The van der Waals surface area contributed by atoms with Gasteiger partial charge in [0.15, 0.2) is 0 Å². The quantitative estimate of drug-likeness (QED) is 0.751. The number of hydrogen-bond donors (Lipinski definition) is 1. The zero-order valence-corrected chi connectivity index (χ0v) is 10.3. The molecule has 0 aromatic heterocycles. The standard InChI is InChI=1S/C12H24N2O/c1-4-10(3)12(15)14(5-2)9-11-7-6-8-13-11/h10-11,13H,4-9H2,1-3H3. The van der Waals surface area contributed by atoms with Crippen LogP contribution in [-0.4, -0.2) is 36.5 Å². The Balaban J connectivity index is 2.43. The lowest BCUT2D eigenvalue weighted by Crippen LogP contribution is -2.43. The second-order valence-corrected chi connectivity index (χ2v) is 4.48. The van der Waals surface area contributed by atoms with Crippen LogP contribution in [0.3, 0.4) is 0 Å². The first-order valence-corrected chi connectivity index (χ1v) is 6.21. The zero-order chi connectivity index (χ0) is 11.3. The molecule has 15 heavy (non-hydrogen) atoms. The van der Waals surface area contributed by atoms with Gasteiger partial charge in [0.05, 0.1) is 0 Å². The molecule has 2 unspecified atom stereocenters. The minimum atomic E-state index is 0.173. The van der Waals surface area contributed by atoms with Gasteiger partial charge in [0.2, 0.25) is 5.91 Å². The van der Waals surface area contributed by atoms with Gasteiger partial charge in [-0.15, -0.1) is 0 Å². The molecule has 0 saturated carbocycles. The van der Waals surface area contributed by atoms with E-state index in [0.717, 1.165) is 26.1 Å². The molecule has 88 valence electrons. The van der Waals surface area contributed by atoms with Gasteiger partial charge < -0.3 is 10.2 Å². The summed E-state index contributed by atoms with van der Waals surface area (Å²) in [5.74, 6) is 0.486. The summed E-state index contributed by atoms with van der Waals surface area (Å²) in [6.45, 7) is 8.99. The summed E-state index contributed by atoms with van der Waals surface area (Å²) in [6, 6.07) is 0.526. The van der Waals surface area contributed by atoms with Crippen LogP contribution in [0.1, 0.15) is 40.0 Å². The van der Waals surface area contributed by atoms with Crippen LogP contribution in [0.15, 0.2) is 0 Å². The van der Waals surface area contributed by atoms with Gasteiger partial charge in [-0.25, -0.2) is 0 Å². The summed E-state index contributed by atoms with van der Waals surface area (Å²) in [5, 5.41) is 3.44. The third-order valence-electron chi connectivity index (χ3n) is 3.33. The lowest BCUT2D eigenvalue weighted by Gasteiger charge is -2.26. The molecule has 3 heteroatoms. The van der Waals surface area contributed by atoms with Crippen molar-refractivity contribution in [3.05, 3.63) is 0 Å². The van der Waals surface area contributed by atoms with Crippen molar-refractivity contribution < 1.29 is 4.79 Å². The highest BCUT2D eigenvalue weighted by Gasteiger charge is 2.22. The van der Waals surface area contributed by atoms with E-state index in [9.17, 15) is 4.79 Å². The molecule has 1 aliphatic rings. The van der Waals surface area contributed by atoms with Gasteiger partial charge in [0, 0.05) is 25.0 Å². The van der Waals surface area contributed by atoms with Crippen LogP contribution in [0.25, 0.3) is 0 Å². The Kier molecular flexibility index (Phi) is 5.09. The summed E-state index contributed by atoms with van der Waals surface area (Å²) in [5.41, 5.74) is 0. The lowest BCUT2D eigenvalue weighted by molar-refractivity contribution is -0.135. The first kappa shape index (κ1) is 12.5. The fourth-order valence-corrected chi connectivity index (χ4v) is 2.04. The van der Waals surface area contributed by atoms with Crippen molar-refractivity contribution >= 4 is 5.91 Å². The SMILES string of the molecule is CCC(C)C(=O)N(CC)CC1CCCN1. The van der Waals surface area contributed by atoms with E-state index in [1.165, 1.54) is 12.8 Å². The van der Waals surface area contributed by atoms with E-state index in [4.69, 9.17) is 0 Å². The Morgan fingerprint density at radius 1 is 1.53 bits per heavy atom. The number of hydrogen-bond acceptors (Lipinski definition) is 2. The molecule has 0 aromatic rings. The molecule has 1 aliphatic heterocycles. The maximum absolute atomic E-state index is 12.0. The number of nitrogens with zero attached hydrogens (tertiary/aromatic N) is 1. The van der Waals surface area contributed by atoms with Gasteiger partial charge in [-0.05, 0) is 32.7 Å². The third kappa shape index (κ3) is 3.49. The number of likely N-dealkylation sites (N-methyl/N-ethyl adjacent to an activating group) is 1. The fraction of sp³-hybridized carbons (Fsp3) is 0.917. The molecule has 1 rings (SSSR count). The Labute approximate surface area is 93.2 Å². The molecule has 0 aromatic carbocycles. The largest absolute Gasteiger partial charge is 0.341 e. The van der Waals surface area contributed by atoms with Crippen LogP contribution in [0.5, 0.6) is 0 Å². The lowest BCUT2D eigenvalue weighted by atomic mass is 10.1. The Morgan fingerprint density at radius 2 is 2.27 bits per heavy atom. The summed E-state index contributed by atoms with van der Waals surface area (Å²) >= 11 is 0. The smallest absolute Gasteiger partial charge is 0.225 e. The van der Waals surface area contributed by atoms with E-state index in [1.54, 1.807) is 0 Å². The number of amides is 1. The van der Waals surface area contributed by atoms with Crippen molar-refractivity contribution in [3.8, 4) is 0 Å². The van der Waals surface area contributed by atoms with Crippen molar-refractivity contribution in [2.24, 2.45) is 5.92 Å². The average Bonchev–Trinajstić information content (AvgIpc) is 2.76. The first-order chi connectivity index (χ1) is 7.19. The van der Waals surface area contributed by atoms with Gasteiger partial charge in [-0.2, -0.15) is 0 Å². The van der Waals surface area contributed by atoms with E-state index < -0.39 is 0 Å². The molecular weight excluding hydrogens is 188 g/mol. The van der Waals surface area contributed by atoms with Crippen LogP contribution >= 0.6 is 0 Å². The zero-order valence-electron chi connectivity index (χ0n) is 10.3. The molecule has 0 spiro atoms. The average molecular weight is 212 g/mol. The number of carbonyl (C=O) groups is 1. The summed E-state index contributed by atoms with van der Waals surface area (Å²) in [6.07, 6.45) is 3.40. The van der Waals surface area contributed by atoms with Crippen molar-refractivity contribution in [2.75, 3.05) is 19.6 Å². The fourth-order valence-electron chi connectivity index (χ4n) is 2.04. The molecular formula is C12H24N2O. The number of nitrogens with one attached hydrogen (secondary N) is 1. The van der Waals surface area contributed by atoms with E-state index >= 15 is 0 Å². The van der Waals surface area contributed by atoms with Gasteiger partial charge >= 0.3 is 0 Å². The molecule has 2 atom stereocenters. The van der Waals surface area contributed by atoms with Gasteiger partial charge in [0.25, 0.3) is 0 Å². The molecule has 3 nitrogen and oxygen atoms in total. The molecule has 1 saturated heterocycles. The summed E-state index contributed by atoms with van der Waals surface area (Å²) in [4.78, 5) is 14.0. The van der Waals surface area contributed by atoms with E-state index in [1.807, 2.05) is 11.8 Å². The van der Waals surface area contributed by atoms with E-state index in [-0.39, 0.29) is 5.92 Å². The molecule has 0 radical (unpaired) electrons. The molecule has 1 heterocycles. The molecule has 0 aliphatic carbocycles. The van der Waals surface area contributed by atoms with Crippen molar-refractivity contribution in [1.29, 1.82) is 0 Å². The van der Waals surface area contributed by atoms with Gasteiger partial charge in [-0.1, -0.05) is 13.8 Å². The highest BCUT2D eigenvalue weighted by Crippen LogP contribution is 2.11. The molecule has 1 amide bonds. The van der Waals surface area contributed by atoms with Crippen molar-refractivity contribution in [3.63, 3.8) is 0 Å². The Bertz CT molecular complexity index is 200. The second kappa shape index (κ2) is 6.11. The van der Waals surface area contributed by atoms with Gasteiger partial charge in [0.1, 0.15) is 0 Å². The first-order valence-electron chi connectivity index (χ1n) is 6.21. The normalized spacial score (nSPS) is 22.7. The number of rotatable bonds is 5. The Hall–Kier alpha value is -0.570. The van der Waals surface area contributed by atoms with Crippen molar-refractivity contribution in [2.45, 2.75) is 46.1 Å². The minimum absolute atomic E-state index is 0.173. The summed E-state index contributed by atoms with van der Waals surface area (Å²) in [7, 11) is 0. The highest BCUT2D eigenvalue weighted by molar-refractivity contribution is 5.78. The van der Waals surface area contributed by atoms with Crippen LogP contribution in [0, 0.1) is 5.92 Å². The van der Waals surface area contributed by atoms with E-state index in [2.05, 4.69) is 19.2 Å². The van der Waals surface area contributed by atoms with Crippen LogP contribution in [0.4, 0.5) is 0 Å². The van der Waals surface area contributed by atoms with Crippen LogP contribution in [0.2, 0.25) is 0 Å². The molecule has 1 fully saturated rings. The van der Waals surface area contributed by atoms with E-state index in [0.29, 0.717) is 11.9 Å². The Morgan fingerprint density at radius 3 is 2.73 bits per heavy atom. The van der Waals surface area contributed by atoms with Crippen LogP contribution in [-0.2, 0) is 4.79 Å². The molecule has 0 bridgehead atoms. The predicted octanol–water partition coefficient (Wildman–Crippen LogP) is 1.63. The van der Waals surface area contributed by atoms with Crippen LogP contribution < -0.4 is 5.32 Å². The predicted molar refractivity (Wildman–Crippen MR) is 62.7 cm³/mol. The van der Waals surface area contributed by atoms with Gasteiger partial charge in [-0.3, -0.25) is 4.79 Å².